The predicted octanol–water partition coefficient (Wildman–Crippen LogP) is 2.44. The molecule has 0 radical (unpaired) electrons. The van der Waals surface area contributed by atoms with Crippen LogP contribution in [0.25, 0.3) is 5.57 Å². The van der Waals surface area contributed by atoms with Gasteiger partial charge < -0.3 is 10.1 Å². The minimum Gasteiger partial charge on any atom is -0.496 e. The summed E-state index contributed by atoms with van der Waals surface area (Å²) in [6, 6.07) is 5.61. The van der Waals surface area contributed by atoms with E-state index >= 15 is 0 Å². The summed E-state index contributed by atoms with van der Waals surface area (Å²) in [5.41, 5.74) is 2.43. The third kappa shape index (κ3) is 1.50. The van der Waals surface area contributed by atoms with E-state index < -0.39 is 0 Å². The van der Waals surface area contributed by atoms with Gasteiger partial charge in [0.1, 0.15) is 5.75 Å². The lowest BCUT2D eigenvalue weighted by atomic mass is 10.1. The van der Waals surface area contributed by atoms with Gasteiger partial charge in [-0.25, -0.2) is 0 Å². The van der Waals surface area contributed by atoms with Crippen molar-refractivity contribution in [1.82, 2.24) is 0 Å². The topological polar surface area (TPSA) is 38.3 Å². The Hall–Kier alpha value is -1.77. The van der Waals surface area contributed by atoms with Gasteiger partial charge in [-0.05, 0) is 18.6 Å². The van der Waals surface area contributed by atoms with Gasteiger partial charge in [-0.3, -0.25) is 4.79 Å². The molecule has 0 bridgehead atoms. The molecule has 1 heterocycles. The van der Waals surface area contributed by atoms with Gasteiger partial charge in [-0.1, -0.05) is 19.1 Å². The Morgan fingerprint density at radius 1 is 1.47 bits per heavy atom. The molecule has 1 amide bonds. The van der Waals surface area contributed by atoms with Gasteiger partial charge in [0.2, 0.25) is 0 Å². The van der Waals surface area contributed by atoms with Crippen molar-refractivity contribution < 1.29 is 9.53 Å². The number of allylic oxidation sites excluding steroid dienone is 1. The summed E-state index contributed by atoms with van der Waals surface area (Å²) in [6.07, 6.45) is 2.75. The van der Waals surface area contributed by atoms with Crippen molar-refractivity contribution in [3.63, 3.8) is 0 Å². The quantitative estimate of drug-likeness (QED) is 0.750. The fourth-order valence-corrected chi connectivity index (χ4v) is 1.79. The van der Waals surface area contributed by atoms with Crippen molar-refractivity contribution >= 4 is 17.2 Å². The second kappa shape index (κ2) is 3.77. The van der Waals surface area contributed by atoms with Gasteiger partial charge in [0.15, 0.2) is 0 Å². The summed E-state index contributed by atoms with van der Waals surface area (Å²) in [7, 11) is 1.61. The lowest BCUT2D eigenvalue weighted by Crippen LogP contribution is -2.03. The smallest absolute Gasteiger partial charge is 0.256 e. The van der Waals surface area contributed by atoms with Crippen LogP contribution in [-0.4, -0.2) is 13.0 Å². The number of benzene rings is 1. The number of carbonyl (C=O) groups excluding carboxylic acids is 1. The first kappa shape index (κ1) is 9.77. The van der Waals surface area contributed by atoms with E-state index in [2.05, 4.69) is 5.32 Å². The Balaban J connectivity index is 2.60. The first-order valence-electron chi connectivity index (χ1n) is 4.96. The molecule has 1 N–H and O–H groups in total. The van der Waals surface area contributed by atoms with E-state index in [0.717, 1.165) is 23.4 Å². The number of hydrogen-bond acceptors (Lipinski definition) is 2. The molecule has 0 atom stereocenters. The molecule has 3 heteroatoms. The van der Waals surface area contributed by atoms with Crippen LogP contribution in [0.4, 0.5) is 5.69 Å². The third-order valence-electron chi connectivity index (χ3n) is 2.42. The second-order valence-electron chi connectivity index (χ2n) is 3.36. The van der Waals surface area contributed by atoms with Crippen molar-refractivity contribution in [1.29, 1.82) is 0 Å². The van der Waals surface area contributed by atoms with Crippen molar-refractivity contribution in [2.24, 2.45) is 0 Å². The van der Waals surface area contributed by atoms with Crippen molar-refractivity contribution in [2.75, 3.05) is 12.4 Å². The highest BCUT2D eigenvalue weighted by atomic mass is 16.5. The number of nitrogens with one attached hydrogen (secondary N) is 1. The number of fused-ring (bicyclic) bond motifs is 1. The normalized spacial score (nSPS) is 16.4. The van der Waals surface area contributed by atoms with E-state index in [1.807, 2.05) is 31.2 Å². The third-order valence-corrected chi connectivity index (χ3v) is 2.42. The van der Waals surface area contributed by atoms with Crippen LogP contribution in [-0.2, 0) is 4.79 Å². The number of methoxy groups -OCH3 is 1. The highest BCUT2D eigenvalue weighted by molar-refractivity contribution is 6.32. The standard InChI is InChI=1S/C12H13NO2/c1-3-5-8-11-9(13-12(8)14)6-4-7-10(11)15-2/h4-7H,3H2,1-2H3,(H,13,14)/b8-5-. The van der Waals surface area contributed by atoms with E-state index in [-0.39, 0.29) is 5.91 Å². The van der Waals surface area contributed by atoms with Gasteiger partial charge in [-0.15, -0.1) is 0 Å². The van der Waals surface area contributed by atoms with Crippen molar-refractivity contribution in [2.45, 2.75) is 13.3 Å². The molecule has 0 saturated carbocycles. The predicted molar refractivity (Wildman–Crippen MR) is 59.9 cm³/mol. The number of hydrogen-bond donors (Lipinski definition) is 1. The molecule has 0 aromatic heterocycles. The van der Waals surface area contributed by atoms with Gasteiger partial charge in [0.05, 0.1) is 18.4 Å². The van der Waals surface area contributed by atoms with Crippen molar-refractivity contribution in [3.8, 4) is 5.75 Å². The molecule has 0 spiro atoms. The Labute approximate surface area is 88.8 Å². The van der Waals surface area contributed by atoms with Crippen LogP contribution in [0.1, 0.15) is 18.9 Å². The first-order chi connectivity index (χ1) is 7.27. The molecule has 0 unspecified atom stereocenters. The van der Waals surface area contributed by atoms with Crippen molar-refractivity contribution in [3.05, 3.63) is 29.8 Å². The van der Waals surface area contributed by atoms with Crippen LogP contribution in [0, 0.1) is 0 Å². The molecule has 15 heavy (non-hydrogen) atoms. The molecule has 1 aliphatic heterocycles. The molecule has 1 aliphatic rings. The summed E-state index contributed by atoms with van der Waals surface area (Å²) in [5.74, 6) is 0.696. The lowest BCUT2D eigenvalue weighted by Gasteiger charge is -2.05. The Bertz CT molecular complexity index is 435. The average molecular weight is 203 g/mol. The summed E-state index contributed by atoms with van der Waals surface area (Å²) in [6.45, 7) is 2.01. The zero-order valence-electron chi connectivity index (χ0n) is 8.83. The summed E-state index contributed by atoms with van der Waals surface area (Å²) in [5, 5.41) is 2.82. The number of carbonyl (C=O) groups is 1. The number of anilines is 1. The molecular formula is C12H13NO2. The maximum atomic E-state index is 11.7. The molecule has 0 saturated heterocycles. The fourth-order valence-electron chi connectivity index (χ4n) is 1.79. The second-order valence-corrected chi connectivity index (χ2v) is 3.36. The summed E-state index contributed by atoms with van der Waals surface area (Å²) >= 11 is 0. The van der Waals surface area contributed by atoms with E-state index in [0.29, 0.717) is 5.57 Å². The van der Waals surface area contributed by atoms with Gasteiger partial charge in [0.25, 0.3) is 5.91 Å². The molecular weight excluding hydrogens is 190 g/mol. The van der Waals surface area contributed by atoms with Gasteiger partial charge in [0, 0.05) is 5.57 Å². The number of rotatable bonds is 2. The van der Waals surface area contributed by atoms with Crippen LogP contribution in [0.5, 0.6) is 5.75 Å². The van der Waals surface area contributed by atoms with E-state index in [4.69, 9.17) is 4.74 Å². The van der Waals surface area contributed by atoms with Crippen LogP contribution in [0.3, 0.4) is 0 Å². The van der Waals surface area contributed by atoms with Gasteiger partial charge in [-0.2, -0.15) is 0 Å². The minimum atomic E-state index is -0.0450. The van der Waals surface area contributed by atoms with E-state index in [1.165, 1.54) is 0 Å². The van der Waals surface area contributed by atoms with Crippen LogP contribution in [0.2, 0.25) is 0 Å². The molecule has 78 valence electrons. The number of amides is 1. The largest absolute Gasteiger partial charge is 0.496 e. The van der Waals surface area contributed by atoms with Crippen LogP contribution in [0.15, 0.2) is 24.3 Å². The maximum absolute atomic E-state index is 11.7. The monoisotopic (exact) mass is 203 g/mol. The first-order valence-corrected chi connectivity index (χ1v) is 4.96. The van der Waals surface area contributed by atoms with E-state index in [9.17, 15) is 4.79 Å². The molecule has 0 aliphatic carbocycles. The van der Waals surface area contributed by atoms with E-state index in [1.54, 1.807) is 7.11 Å². The van der Waals surface area contributed by atoms with Crippen LogP contribution < -0.4 is 10.1 Å². The molecule has 2 rings (SSSR count). The molecule has 1 aromatic carbocycles. The fraction of sp³-hybridized carbons (Fsp3) is 0.250. The van der Waals surface area contributed by atoms with Crippen LogP contribution >= 0.6 is 0 Å². The maximum Gasteiger partial charge on any atom is 0.256 e. The highest BCUT2D eigenvalue weighted by Crippen LogP contribution is 2.38. The number of ether oxygens (including phenoxy) is 1. The summed E-state index contributed by atoms with van der Waals surface area (Å²) < 4.78 is 5.25. The lowest BCUT2D eigenvalue weighted by molar-refractivity contribution is -0.110. The molecule has 3 nitrogen and oxygen atoms in total. The molecule has 0 fully saturated rings. The SMILES string of the molecule is CC/C=C1\C(=O)Nc2cccc(OC)c21. The summed E-state index contributed by atoms with van der Waals surface area (Å²) in [4.78, 5) is 11.7. The Morgan fingerprint density at radius 3 is 2.93 bits per heavy atom. The zero-order chi connectivity index (χ0) is 10.8. The van der Waals surface area contributed by atoms with Gasteiger partial charge >= 0.3 is 0 Å². The Kier molecular flexibility index (Phi) is 2.46. The zero-order valence-corrected chi connectivity index (χ0v) is 8.83. The average Bonchev–Trinajstić information content (AvgIpc) is 2.56. The molecule has 1 aromatic rings. The Morgan fingerprint density at radius 2 is 2.27 bits per heavy atom. The minimum absolute atomic E-state index is 0.0450. The highest BCUT2D eigenvalue weighted by Gasteiger charge is 2.26.